The molecule has 0 radical (unpaired) electrons. The predicted molar refractivity (Wildman–Crippen MR) is 50.6 cm³/mol. The van der Waals surface area contributed by atoms with E-state index in [1.807, 2.05) is 0 Å². The standard InChI is InChI=1S/C11H22/c1-4-5-11-7-6-9(2)10(3)8-11/h9-11H,4-8H2,1-3H3/t9?,10-,11+/m1/s1. The first-order valence-electron chi connectivity index (χ1n) is 5.24. The van der Waals surface area contributed by atoms with Crippen molar-refractivity contribution in [3.8, 4) is 0 Å². The molecule has 0 N–H and O–H groups in total. The van der Waals surface area contributed by atoms with Gasteiger partial charge in [-0.3, -0.25) is 0 Å². The highest BCUT2D eigenvalue weighted by molar-refractivity contribution is 4.74. The smallest absolute Gasteiger partial charge is 0.0412 e. The van der Waals surface area contributed by atoms with Gasteiger partial charge in [-0.2, -0.15) is 0 Å². The summed E-state index contributed by atoms with van der Waals surface area (Å²) in [6.45, 7) is 7.14. The van der Waals surface area contributed by atoms with Gasteiger partial charge in [-0.1, -0.05) is 46.5 Å². The molecule has 0 aliphatic heterocycles. The first kappa shape index (κ1) is 9.09. The van der Waals surface area contributed by atoms with Crippen molar-refractivity contribution >= 4 is 0 Å². The first-order chi connectivity index (χ1) is 5.24. The fourth-order valence-electron chi connectivity index (χ4n) is 2.33. The van der Waals surface area contributed by atoms with Crippen LogP contribution in [-0.2, 0) is 0 Å². The van der Waals surface area contributed by atoms with E-state index in [1.54, 1.807) is 0 Å². The van der Waals surface area contributed by atoms with Crippen molar-refractivity contribution < 1.29 is 0 Å². The second-order valence-corrected chi connectivity index (χ2v) is 4.42. The topological polar surface area (TPSA) is 0 Å². The lowest BCUT2D eigenvalue weighted by Crippen LogP contribution is -2.20. The van der Waals surface area contributed by atoms with Crippen molar-refractivity contribution in [2.75, 3.05) is 0 Å². The van der Waals surface area contributed by atoms with Crippen LogP contribution in [0.3, 0.4) is 0 Å². The van der Waals surface area contributed by atoms with Gasteiger partial charge in [0.15, 0.2) is 0 Å². The molecule has 0 heterocycles. The van der Waals surface area contributed by atoms with Crippen molar-refractivity contribution in [2.24, 2.45) is 17.8 Å². The molecule has 0 heteroatoms. The monoisotopic (exact) mass is 154 g/mol. The minimum Gasteiger partial charge on any atom is -0.0654 e. The third-order valence-electron chi connectivity index (χ3n) is 3.40. The van der Waals surface area contributed by atoms with Gasteiger partial charge in [0, 0.05) is 0 Å². The van der Waals surface area contributed by atoms with Crippen molar-refractivity contribution in [3.05, 3.63) is 0 Å². The summed E-state index contributed by atoms with van der Waals surface area (Å²) in [4.78, 5) is 0. The molecule has 0 amide bonds. The Kier molecular flexibility index (Phi) is 3.42. The zero-order valence-corrected chi connectivity index (χ0v) is 8.27. The Hall–Kier alpha value is 0. The lowest BCUT2D eigenvalue weighted by atomic mass is 9.74. The first-order valence-corrected chi connectivity index (χ1v) is 5.24. The van der Waals surface area contributed by atoms with Gasteiger partial charge < -0.3 is 0 Å². The van der Waals surface area contributed by atoms with E-state index in [9.17, 15) is 0 Å². The summed E-state index contributed by atoms with van der Waals surface area (Å²) in [5, 5.41) is 0. The summed E-state index contributed by atoms with van der Waals surface area (Å²) in [7, 11) is 0. The maximum atomic E-state index is 2.42. The molecular weight excluding hydrogens is 132 g/mol. The molecule has 1 aliphatic rings. The molecule has 66 valence electrons. The average Bonchev–Trinajstić information content (AvgIpc) is 1.98. The fourth-order valence-corrected chi connectivity index (χ4v) is 2.33. The zero-order valence-electron chi connectivity index (χ0n) is 8.27. The maximum Gasteiger partial charge on any atom is -0.0412 e. The second kappa shape index (κ2) is 4.13. The van der Waals surface area contributed by atoms with E-state index in [0.717, 1.165) is 17.8 Å². The van der Waals surface area contributed by atoms with Crippen LogP contribution in [0.5, 0.6) is 0 Å². The average molecular weight is 154 g/mol. The molecule has 1 aliphatic carbocycles. The number of hydrogen-bond acceptors (Lipinski definition) is 0. The van der Waals surface area contributed by atoms with E-state index in [4.69, 9.17) is 0 Å². The molecule has 0 aromatic carbocycles. The Bertz CT molecular complexity index is 107. The van der Waals surface area contributed by atoms with E-state index in [2.05, 4.69) is 20.8 Å². The summed E-state index contributed by atoms with van der Waals surface area (Å²) >= 11 is 0. The van der Waals surface area contributed by atoms with Gasteiger partial charge in [0.2, 0.25) is 0 Å². The Balaban J connectivity index is 2.28. The molecule has 3 atom stereocenters. The van der Waals surface area contributed by atoms with Crippen LogP contribution in [-0.4, -0.2) is 0 Å². The molecule has 1 rings (SSSR count). The maximum absolute atomic E-state index is 2.42. The van der Waals surface area contributed by atoms with E-state index in [1.165, 1.54) is 32.1 Å². The highest BCUT2D eigenvalue weighted by atomic mass is 14.3. The molecule has 0 bridgehead atoms. The number of rotatable bonds is 2. The molecule has 0 spiro atoms. The van der Waals surface area contributed by atoms with Crippen LogP contribution in [0.25, 0.3) is 0 Å². The summed E-state index contributed by atoms with van der Waals surface area (Å²) in [6, 6.07) is 0. The minimum atomic E-state index is 0.986. The molecule has 0 aromatic heterocycles. The van der Waals surface area contributed by atoms with Crippen LogP contribution < -0.4 is 0 Å². The normalized spacial score (nSPS) is 39.0. The van der Waals surface area contributed by atoms with E-state index in [0.29, 0.717) is 0 Å². The van der Waals surface area contributed by atoms with Crippen LogP contribution in [0.1, 0.15) is 52.9 Å². The quantitative estimate of drug-likeness (QED) is 0.566. The number of hydrogen-bond donors (Lipinski definition) is 0. The summed E-state index contributed by atoms with van der Waals surface area (Å²) in [5.74, 6) is 3.04. The predicted octanol–water partition coefficient (Wildman–Crippen LogP) is 3.86. The van der Waals surface area contributed by atoms with Gasteiger partial charge in [0.25, 0.3) is 0 Å². The Morgan fingerprint density at radius 1 is 1.09 bits per heavy atom. The molecule has 1 saturated carbocycles. The molecular formula is C11H22. The van der Waals surface area contributed by atoms with Crippen LogP contribution in [0, 0.1) is 17.8 Å². The van der Waals surface area contributed by atoms with Crippen molar-refractivity contribution in [3.63, 3.8) is 0 Å². The van der Waals surface area contributed by atoms with E-state index >= 15 is 0 Å². The Morgan fingerprint density at radius 3 is 2.36 bits per heavy atom. The summed E-state index contributed by atoms with van der Waals surface area (Å²) < 4.78 is 0. The van der Waals surface area contributed by atoms with Crippen LogP contribution in [0.15, 0.2) is 0 Å². The molecule has 0 aromatic rings. The van der Waals surface area contributed by atoms with Crippen LogP contribution >= 0.6 is 0 Å². The molecule has 11 heavy (non-hydrogen) atoms. The molecule has 1 unspecified atom stereocenters. The van der Waals surface area contributed by atoms with Crippen molar-refractivity contribution in [2.45, 2.75) is 52.9 Å². The van der Waals surface area contributed by atoms with Gasteiger partial charge >= 0.3 is 0 Å². The van der Waals surface area contributed by atoms with E-state index < -0.39 is 0 Å². The van der Waals surface area contributed by atoms with Gasteiger partial charge in [0.1, 0.15) is 0 Å². The lowest BCUT2D eigenvalue weighted by Gasteiger charge is -2.31. The lowest BCUT2D eigenvalue weighted by molar-refractivity contribution is 0.199. The zero-order chi connectivity index (χ0) is 8.27. The van der Waals surface area contributed by atoms with Gasteiger partial charge in [-0.05, 0) is 24.2 Å². The fraction of sp³-hybridized carbons (Fsp3) is 1.00. The van der Waals surface area contributed by atoms with Crippen molar-refractivity contribution in [1.82, 2.24) is 0 Å². The van der Waals surface area contributed by atoms with Crippen LogP contribution in [0.2, 0.25) is 0 Å². The second-order valence-electron chi connectivity index (χ2n) is 4.42. The molecule has 0 nitrogen and oxygen atoms in total. The van der Waals surface area contributed by atoms with Crippen LogP contribution in [0.4, 0.5) is 0 Å². The third kappa shape index (κ3) is 2.50. The SMILES string of the molecule is CCC[C@H]1CCC(C)[C@H](C)C1. The minimum absolute atomic E-state index is 0.986. The molecule has 0 saturated heterocycles. The Morgan fingerprint density at radius 2 is 1.82 bits per heavy atom. The summed E-state index contributed by atoms with van der Waals surface area (Å²) in [6.07, 6.45) is 7.32. The van der Waals surface area contributed by atoms with Crippen molar-refractivity contribution in [1.29, 1.82) is 0 Å². The summed E-state index contributed by atoms with van der Waals surface area (Å²) in [5.41, 5.74) is 0. The van der Waals surface area contributed by atoms with Gasteiger partial charge in [-0.25, -0.2) is 0 Å². The van der Waals surface area contributed by atoms with E-state index in [-0.39, 0.29) is 0 Å². The third-order valence-corrected chi connectivity index (χ3v) is 3.40. The highest BCUT2D eigenvalue weighted by Gasteiger charge is 2.23. The Labute approximate surface area is 71.4 Å². The van der Waals surface area contributed by atoms with Gasteiger partial charge in [-0.15, -0.1) is 0 Å². The van der Waals surface area contributed by atoms with Gasteiger partial charge in [0.05, 0.1) is 0 Å². The highest BCUT2D eigenvalue weighted by Crippen LogP contribution is 2.35. The molecule has 1 fully saturated rings. The largest absolute Gasteiger partial charge is 0.0654 e.